The standard InChI is InChI=1S/C16H26N4O4/c21-15(13-7-5-11-23-13)19-17-9-3-1-2-4-10-18(19)20(17)16(22)14-8-6-12-24-14/h13-14H,1-12H2. The summed E-state index contributed by atoms with van der Waals surface area (Å²) in [5.41, 5.74) is 0. The van der Waals surface area contributed by atoms with Crippen molar-refractivity contribution in [3.05, 3.63) is 0 Å². The second-order valence-corrected chi connectivity index (χ2v) is 6.86. The molecule has 0 aromatic heterocycles. The van der Waals surface area contributed by atoms with Gasteiger partial charge in [-0.05, 0) is 38.5 Å². The molecule has 8 nitrogen and oxygen atoms in total. The minimum Gasteiger partial charge on any atom is -0.368 e. The molecule has 4 aliphatic heterocycles. The number of ether oxygens (including phenoxy) is 2. The van der Waals surface area contributed by atoms with E-state index in [9.17, 15) is 9.59 Å². The molecule has 8 heteroatoms. The maximum absolute atomic E-state index is 12.9. The molecule has 4 saturated heterocycles. The Labute approximate surface area is 142 Å². The summed E-state index contributed by atoms with van der Waals surface area (Å²) in [6, 6.07) is 0. The number of amides is 2. The number of nitrogens with zero attached hydrogens (tertiary/aromatic N) is 4. The second-order valence-electron chi connectivity index (χ2n) is 6.86. The first kappa shape index (κ1) is 16.3. The Kier molecular flexibility index (Phi) is 4.71. The van der Waals surface area contributed by atoms with Crippen molar-refractivity contribution in [1.29, 1.82) is 0 Å². The van der Waals surface area contributed by atoms with Gasteiger partial charge in [0.05, 0.1) is 0 Å². The van der Waals surface area contributed by atoms with Crippen LogP contribution in [0.25, 0.3) is 0 Å². The molecule has 4 aliphatic rings. The van der Waals surface area contributed by atoms with Crippen molar-refractivity contribution in [3.63, 3.8) is 0 Å². The Morgan fingerprint density at radius 2 is 1.12 bits per heavy atom. The molecular weight excluding hydrogens is 312 g/mol. The lowest BCUT2D eigenvalue weighted by molar-refractivity contribution is -0.463. The lowest BCUT2D eigenvalue weighted by Gasteiger charge is -2.59. The fourth-order valence-corrected chi connectivity index (χ4v) is 3.86. The lowest BCUT2D eigenvalue weighted by atomic mass is 10.2. The topological polar surface area (TPSA) is 65.6 Å². The Balaban J connectivity index is 1.53. The van der Waals surface area contributed by atoms with Crippen LogP contribution in [0.2, 0.25) is 0 Å². The summed E-state index contributed by atoms with van der Waals surface area (Å²) >= 11 is 0. The zero-order valence-corrected chi connectivity index (χ0v) is 14.1. The van der Waals surface area contributed by atoms with Gasteiger partial charge in [-0.3, -0.25) is 9.59 Å². The largest absolute Gasteiger partial charge is 0.368 e. The van der Waals surface area contributed by atoms with Crippen LogP contribution in [0.1, 0.15) is 51.4 Å². The van der Waals surface area contributed by atoms with E-state index in [1.807, 2.05) is 0 Å². The number of rotatable bonds is 2. The molecule has 0 aromatic rings. The third-order valence-corrected chi connectivity index (χ3v) is 5.15. The van der Waals surface area contributed by atoms with Crippen molar-refractivity contribution in [2.75, 3.05) is 26.3 Å². The molecule has 4 rings (SSSR count). The average Bonchev–Trinajstić information content (AvgIpc) is 3.28. The maximum Gasteiger partial charge on any atom is 0.284 e. The Morgan fingerprint density at radius 1 is 0.667 bits per heavy atom. The summed E-state index contributed by atoms with van der Waals surface area (Å²) in [6.07, 6.45) is 6.78. The van der Waals surface area contributed by atoms with E-state index in [-0.39, 0.29) is 24.0 Å². The molecule has 2 bridgehead atoms. The van der Waals surface area contributed by atoms with Crippen molar-refractivity contribution < 1.29 is 19.1 Å². The van der Waals surface area contributed by atoms with Crippen LogP contribution in [0.15, 0.2) is 0 Å². The smallest absolute Gasteiger partial charge is 0.284 e. The van der Waals surface area contributed by atoms with Crippen LogP contribution in [0.4, 0.5) is 0 Å². The van der Waals surface area contributed by atoms with Gasteiger partial charge in [0, 0.05) is 26.3 Å². The van der Waals surface area contributed by atoms with Crippen molar-refractivity contribution in [1.82, 2.24) is 20.5 Å². The molecule has 4 heterocycles. The molecule has 0 radical (unpaired) electrons. The molecular formula is C16H26N4O4. The second kappa shape index (κ2) is 6.95. The third kappa shape index (κ3) is 2.81. The van der Waals surface area contributed by atoms with Gasteiger partial charge in [0.15, 0.2) is 0 Å². The number of hydrazine groups is 4. The summed E-state index contributed by atoms with van der Waals surface area (Å²) < 4.78 is 11.1. The number of carbonyl (C=O) groups is 2. The minimum absolute atomic E-state index is 0.0502. The van der Waals surface area contributed by atoms with Gasteiger partial charge in [0.2, 0.25) is 0 Å². The molecule has 2 unspecified atom stereocenters. The highest BCUT2D eigenvalue weighted by Crippen LogP contribution is 2.32. The van der Waals surface area contributed by atoms with E-state index < -0.39 is 0 Å². The van der Waals surface area contributed by atoms with Crippen LogP contribution in [-0.4, -0.2) is 70.8 Å². The summed E-state index contributed by atoms with van der Waals surface area (Å²) in [7, 11) is 0. The first-order chi connectivity index (χ1) is 11.8. The quantitative estimate of drug-likeness (QED) is 0.744. The van der Waals surface area contributed by atoms with Crippen LogP contribution in [0.5, 0.6) is 0 Å². The Morgan fingerprint density at radius 3 is 1.50 bits per heavy atom. The summed E-state index contributed by atoms with van der Waals surface area (Å²) in [5.74, 6) is -0.100. The molecule has 24 heavy (non-hydrogen) atoms. The summed E-state index contributed by atoms with van der Waals surface area (Å²) in [6.45, 7) is 2.63. The lowest BCUT2D eigenvalue weighted by Crippen LogP contribution is -2.82. The normalized spacial score (nSPS) is 36.7. The number of hydrogen-bond acceptors (Lipinski definition) is 6. The van der Waals surface area contributed by atoms with Crippen LogP contribution < -0.4 is 0 Å². The van der Waals surface area contributed by atoms with E-state index in [2.05, 4.69) is 0 Å². The molecule has 0 spiro atoms. The van der Waals surface area contributed by atoms with Gasteiger partial charge >= 0.3 is 0 Å². The van der Waals surface area contributed by atoms with Crippen molar-refractivity contribution >= 4 is 11.8 Å². The fraction of sp³-hybridized carbons (Fsp3) is 0.875. The van der Waals surface area contributed by atoms with E-state index in [1.165, 1.54) is 0 Å². The van der Waals surface area contributed by atoms with E-state index in [0.717, 1.165) is 51.4 Å². The molecule has 2 amide bonds. The van der Waals surface area contributed by atoms with Crippen LogP contribution in [0, 0.1) is 0 Å². The Hall–Kier alpha value is -1.22. The monoisotopic (exact) mass is 338 g/mol. The zero-order chi connectivity index (χ0) is 16.5. The Bertz CT molecular complexity index is 438. The number of fused-ring (bicyclic) bond motifs is 2. The van der Waals surface area contributed by atoms with E-state index in [0.29, 0.717) is 26.3 Å². The van der Waals surface area contributed by atoms with Crippen molar-refractivity contribution in [2.45, 2.75) is 63.6 Å². The maximum atomic E-state index is 12.9. The fourth-order valence-electron chi connectivity index (χ4n) is 3.86. The SMILES string of the molecule is O=C(C1CCCO1)N1N2CCCCCCN1N2C(=O)C1CCCO1. The predicted octanol–water partition coefficient (Wildman–Crippen LogP) is 0.853. The van der Waals surface area contributed by atoms with Gasteiger partial charge in [0.25, 0.3) is 11.8 Å². The van der Waals surface area contributed by atoms with Gasteiger partial charge in [0.1, 0.15) is 12.2 Å². The van der Waals surface area contributed by atoms with Gasteiger partial charge in [-0.2, -0.15) is 10.2 Å². The van der Waals surface area contributed by atoms with E-state index in [4.69, 9.17) is 9.47 Å². The predicted molar refractivity (Wildman–Crippen MR) is 83.5 cm³/mol. The molecule has 0 saturated carbocycles. The minimum atomic E-state index is -0.379. The van der Waals surface area contributed by atoms with Gasteiger partial charge in [-0.15, -0.1) is 0 Å². The molecule has 134 valence electrons. The van der Waals surface area contributed by atoms with Gasteiger partial charge in [-0.25, -0.2) is 0 Å². The third-order valence-electron chi connectivity index (χ3n) is 5.15. The van der Waals surface area contributed by atoms with Crippen LogP contribution in [-0.2, 0) is 19.1 Å². The van der Waals surface area contributed by atoms with E-state index >= 15 is 0 Å². The molecule has 4 fully saturated rings. The molecule has 0 aromatic carbocycles. The first-order valence-corrected chi connectivity index (χ1v) is 9.23. The highest BCUT2D eigenvalue weighted by molar-refractivity contribution is 5.84. The molecule has 0 N–H and O–H groups in total. The van der Waals surface area contributed by atoms with Crippen LogP contribution >= 0.6 is 0 Å². The first-order valence-electron chi connectivity index (χ1n) is 9.23. The highest BCUT2D eigenvalue weighted by Gasteiger charge is 2.52. The highest BCUT2D eigenvalue weighted by atomic mass is 16.5. The number of carbonyl (C=O) groups excluding carboxylic acids is 2. The zero-order valence-electron chi connectivity index (χ0n) is 14.1. The summed E-state index contributed by atoms with van der Waals surface area (Å²) in [5, 5.41) is 6.85. The van der Waals surface area contributed by atoms with Gasteiger partial charge in [-0.1, -0.05) is 23.1 Å². The molecule has 0 aliphatic carbocycles. The van der Waals surface area contributed by atoms with Crippen molar-refractivity contribution in [3.8, 4) is 0 Å². The summed E-state index contributed by atoms with van der Waals surface area (Å²) in [4.78, 5) is 25.7. The molecule has 2 atom stereocenters. The van der Waals surface area contributed by atoms with Crippen molar-refractivity contribution in [2.24, 2.45) is 0 Å². The van der Waals surface area contributed by atoms with Gasteiger partial charge < -0.3 is 9.47 Å². The van der Waals surface area contributed by atoms with Crippen LogP contribution in [0.3, 0.4) is 0 Å². The average molecular weight is 338 g/mol. The number of hydrogen-bond donors (Lipinski definition) is 0. The van der Waals surface area contributed by atoms with E-state index in [1.54, 1.807) is 20.5 Å².